The van der Waals surface area contributed by atoms with Gasteiger partial charge in [0.25, 0.3) is 0 Å². The Balaban J connectivity index is 3.24. The first-order chi connectivity index (χ1) is 5.15. The fourth-order valence-electron chi connectivity index (χ4n) is 0.890. The van der Waals surface area contributed by atoms with Crippen molar-refractivity contribution < 1.29 is 4.74 Å². The van der Waals surface area contributed by atoms with E-state index in [9.17, 15) is 0 Å². The third-order valence-corrected chi connectivity index (χ3v) is 1.77. The highest BCUT2D eigenvalue weighted by atomic mass is 35.5. The van der Waals surface area contributed by atoms with E-state index in [4.69, 9.17) is 22.1 Å². The third kappa shape index (κ3) is 1.57. The van der Waals surface area contributed by atoms with Crippen molar-refractivity contribution in [3.8, 4) is 5.75 Å². The number of ether oxygens (including phenoxy) is 1. The molecule has 0 amide bonds. The van der Waals surface area contributed by atoms with Gasteiger partial charge in [-0.15, -0.1) is 0 Å². The summed E-state index contributed by atoms with van der Waals surface area (Å²) in [4.78, 5) is 0. The molecule has 0 aromatic heterocycles. The number of aryl methyl sites for hydroxylation is 1. The van der Waals surface area contributed by atoms with Gasteiger partial charge < -0.3 is 10.5 Å². The summed E-state index contributed by atoms with van der Waals surface area (Å²) >= 11 is 5.79. The number of anilines is 1. The monoisotopic (exact) mass is 171 g/mol. The number of methoxy groups -OCH3 is 1. The van der Waals surface area contributed by atoms with Crippen LogP contribution in [0.3, 0.4) is 0 Å². The van der Waals surface area contributed by atoms with Gasteiger partial charge in [-0.3, -0.25) is 0 Å². The van der Waals surface area contributed by atoms with Crippen molar-refractivity contribution in [1.82, 2.24) is 0 Å². The quantitative estimate of drug-likeness (QED) is 0.658. The number of nitrogens with two attached hydrogens (primary N) is 1. The molecule has 0 aliphatic heterocycles. The molecule has 0 unspecified atom stereocenters. The second kappa shape index (κ2) is 3.01. The predicted molar refractivity (Wildman–Crippen MR) is 47.2 cm³/mol. The van der Waals surface area contributed by atoms with E-state index in [1.165, 1.54) is 0 Å². The fraction of sp³-hybridized carbons (Fsp3) is 0.250. The zero-order valence-corrected chi connectivity index (χ0v) is 7.27. The lowest BCUT2D eigenvalue weighted by atomic mass is 10.2. The Morgan fingerprint density at radius 3 is 2.64 bits per heavy atom. The summed E-state index contributed by atoms with van der Waals surface area (Å²) in [5.41, 5.74) is 7.15. The minimum absolute atomic E-state index is 0.500. The fourth-order valence-corrected chi connectivity index (χ4v) is 1.16. The minimum atomic E-state index is 0.500. The highest BCUT2D eigenvalue weighted by Gasteiger charge is 2.03. The molecule has 1 aromatic rings. The highest BCUT2D eigenvalue weighted by molar-refractivity contribution is 6.33. The molecule has 0 fully saturated rings. The van der Waals surface area contributed by atoms with Crippen molar-refractivity contribution in [1.29, 1.82) is 0 Å². The van der Waals surface area contributed by atoms with Crippen LogP contribution in [0.5, 0.6) is 5.75 Å². The Morgan fingerprint density at radius 2 is 2.09 bits per heavy atom. The summed E-state index contributed by atoms with van der Waals surface area (Å²) in [6.07, 6.45) is 0. The molecule has 0 saturated carbocycles. The molecule has 0 aliphatic rings. The van der Waals surface area contributed by atoms with Crippen LogP contribution in [0, 0.1) is 6.92 Å². The molecule has 1 rings (SSSR count). The van der Waals surface area contributed by atoms with E-state index in [2.05, 4.69) is 0 Å². The van der Waals surface area contributed by atoms with Gasteiger partial charge in [-0.05, 0) is 24.6 Å². The number of hydrogen-bond acceptors (Lipinski definition) is 2. The molecule has 0 radical (unpaired) electrons. The zero-order chi connectivity index (χ0) is 8.43. The lowest BCUT2D eigenvalue weighted by Gasteiger charge is -2.06. The Labute approximate surface area is 70.9 Å². The van der Waals surface area contributed by atoms with Gasteiger partial charge in [-0.2, -0.15) is 0 Å². The van der Waals surface area contributed by atoms with Gasteiger partial charge in [0.2, 0.25) is 0 Å². The lowest BCUT2D eigenvalue weighted by Crippen LogP contribution is -1.93. The maximum Gasteiger partial charge on any atom is 0.143 e. The van der Waals surface area contributed by atoms with E-state index in [1.807, 2.05) is 13.0 Å². The summed E-state index contributed by atoms with van der Waals surface area (Å²) < 4.78 is 5.00. The van der Waals surface area contributed by atoms with E-state index in [0.717, 1.165) is 5.56 Å². The van der Waals surface area contributed by atoms with Crippen molar-refractivity contribution in [3.05, 3.63) is 22.7 Å². The Bertz CT molecular complexity index is 273. The van der Waals surface area contributed by atoms with Gasteiger partial charge in [0, 0.05) is 0 Å². The molecule has 0 bridgehead atoms. The molecule has 2 N–H and O–H groups in total. The molecule has 0 heterocycles. The molecule has 0 atom stereocenters. The first-order valence-electron chi connectivity index (χ1n) is 3.24. The first kappa shape index (κ1) is 8.21. The molecule has 11 heavy (non-hydrogen) atoms. The standard InChI is InChI=1S/C8H10ClNO/c1-5-3-6(9)8(10)7(4-5)11-2/h3-4H,10H2,1-2H3. The van der Waals surface area contributed by atoms with Crippen molar-refractivity contribution in [2.45, 2.75) is 6.92 Å². The van der Waals surface area contributed by atoms with Crippen molar-refractivity contribution in [3.63, 3.8) is 0 Å². The topological polar surface area (TPSA) is 35.2 Å². The Morgan fingerprint density at radius 1 is 1.45 bits per heavy atom. The molecule has 0 saturated heterocycles. The molecule has 60 valence electrons. The lowest BCUT2D eigenvalue weighted by molar-refractivity contribution is 0.416. The van der Waals surface area contributed by atoms with Gasteiger partial charge in [-0.1, -0.05) is 11.6 Å². The number of halogens is 1. The third-order valence-electron chi connectivity index (χ3n) is 1.46. The highest BCUT2D eigenvalue weighted by Crippen LogP contribution is 2.30. The number of benzene rings is 1. The van der Waals surface area contributed by atoms with E-state index in [1.54, 1.807) is 13.2 Å². The van der Waals surface area contributed by atoms with Crippen molar-refractivity contribution in [2.75, 3.05) is 12.8 Å². The minimum Gasteiger partial charge on any atom is -0.495 e. The van der Waals surface area contributed by atoms with Crippen LogP contribution < -0.4 is 10.5 Å². The van der Waals surface area contributed by atoms with Gasteiger partial charge in [0.15, 0.2) is 0 Å². The zero-order valence-electron chi connectivity index (χ0n) is 6.52. The van der Waals surface area contributed by atoms with E-state index in [-0.39, 0.29) is 0 Å². The largest absolute Gasteiger partial charge is 0.495 e. The second-order valence-corrected chi connectivity index (χ2v) is 2.77. The van der Waals surface area contributed by atoms with Crippen LogP contribution >= 0.6 is 11.6 Å². The first-order valence-corrected chi connectivity index (χ1v) is 3.62. The smallest absolute Gasteiger partial charge is 0.143 e. The van der Waals surface area contributed by atoms with Crippen LogP contribution in [0.1, 0.15) is 5.56 Å². The van der Waals surface area contributed by atoms with Crippen LogP contribution in [0.15, 0.2) is 12.1 Å². The van der Waals surface area contributed by atoms with Crippen LogP contribution in [-0.2, 0) is 0 Å². The summed E-state index contributed by atoms with van der Waals surface area (Å²) in [5.74, 6) is 0.634. The maximum atomic E-state index is 5.79. The molecule has 3 heteroatoms. The molecular formula is C8H10ClNO. The van der Waals surface area contributed by atoms with Crippen molar-refractivity contribution in [2.24, 2.45) is 0 Å². The Kier molecular flexibility index (Phi) is 2.25. The average Bonchev–Trinajstić information content (AvgIpc) is 1.96. The summed E-state index contributed by atoms with van der Waals surface area (Å²) in [6, 6.07) is 3.65. The number of hydrogen-bond donors (Lipinski definition) is 1. The molecular weight excluding hydrogens is 162 g/mol. The van der Waals surface area contributed by atoms with Gasteiger partial charge >= 0.3 is 0 Å². The number of rotatable bonds is 1. The van der Waals surface area contributed by atoms with E-state index >= 15 is 0 Å². The molecule has 1 aromatic carbocycles. The second-order valence-electron chi connectivity index (χ2n) is 2.36. The van der Waals surface area contributed by atoms with Crippen LogP contribution in [0.2, 0.25) is 5.02 Å². The SMILES string of the molecule is COc1cc(C)cc(Cl)c1N. The molecule has 0 spiro atoms. The predicted octanol–water partition coefficient (Wildman–Crippen LogP) is 2.24. The molecule has 2 nitrogen and oxygen atoms in total. The summed E-state index contributed by atoms with van der Waals surface area (Å²) in [7, 11) is 1.57. The van der Waals surface area contributed by atoms with Gasteiger partial charge in [-0.25, -0.2) is 0 Å². The van der Waals surface area contributed by atoms with Gasteiger partial charge in [0.05, 0.1) is 17.8 Å². The van der Waals surface area contributed by atoms with Crippen LogP contribution in [-0.4, -0.2) is 7.11 Å². The maximum absolute atomic E-state index is 5.79. The Hall–Kier alpha value is -0.890. The number of nitrogen functional groups attached to an aromatic ring is 1. The summed E-state index contributed by atoms with van der Waals surface area (Å²) in [5, 5.41) is 0.543. The van der Waals surface area contributed by atoms with Crippen LogP contribution in [0.4, 0.5) is 5.69 Å². The normalized spacial score (nSPS) is 9.73. The van der Waals surface area contributed by atoms with Crippen molar-refractivity contribution >= 4 is 17.3 Å². The molecule has 0 aliphatic carbocycles. The average molecular weight is 172 g/mol. The van der Waals surface area contributed by atoms with E-state index < -0.39 is 0 Å². The van der Waals surface area contributed by atoms with Gasteiger partial charge in [0.1, 0.15) is 5.75 Å². The summed E-state index contributed by atoms with van der Waals surface area (Å²) in [6.45, 7) is 1.94. The van der Waals surface area contributed by atoms with E-state index in [0.29, 0.717) is 16.5 Å². The van der Waals surface area contributed by atoms with Crippen LogP contribution in [0.25, 0.3) is 0 Å².